The molecule has 0 bridgehead atoms. The van der Waals surface area contributed by atoms with Gasteiger partial charge < -0.3 is 21.7 Å². The summed E-state index contributed by atoms with van der Waals surface area (Å²) in [5, 5.41) is 9.37. The predicted molar refractivity (Wildman–Crippen MR) is 168 cm³/mol. The number of aromatic nitrogens is 4. The summed E-state index contributed by atoms with van der Waals surface area (Å²) < 4.78 is 42.5. The number of nitrogen functional groups attached to an aromatic ring is 1. The minimum absolute atomic E-state index is 0.00448. The number of nitrogens with two attached hydrogens (primary N) is 1. The summed E-state index contributed by atoms with van der Waals surface area (Å²) in [6.07, 6.45) is -1.98. The third-order valence-corrected chi connectivity index (χ3v) is 8.07. The van der Waals surface area contributed by atoms with Crippen LogP contribution >= 0.6 is 11.6 Å². The van der Waals surface area contributed by atoms with Crippen LogP contribution in [0.2, 0.25) is 5.02 Å². The van der Waals surface area contributed by atoms with Crippen LogP contribution in [0, 0.1) is 6.92 Å². The van der Waals surface area contributed by atoms with Gasteiger partial charge in [0.2, 0.25) is 11.9 Å². The molecule has 1 amide bonds. The molecule has 45 heavy (non-hydrogen) atoms. The van der Waals surface area contributed by atoms with Crippen molar-refractivity contribution in [2.45, 2.75) is 38.5 Å². The van der Waals surface area contributed by atoms with Crippen molar-refractivity contribution in [3.05, 3.63) is 88.7 Å². The number of rotatable bonds is 8. The number of benzene rings is 2. The summed E-state index contributed by atoms with van der Waals surface area (Å²) in [7, 11) is 0. The smallest absolute Gasteiger partial charge is 0.368 e. The maximum absolute atomic E-state index is 14.2. The van der Waals surface area contributed by atoms with Crippen molar-refractivity contribution in [2.75, 3.05) is 17.6 Å². The molecule has 4 heterocycles. The summed E-state index contributed by atoms with van der Waals surface area (Å²) in [6.45, 7) is 2.22. The zero-order chi connectivity index (χ0) is 31.7. The second kappa shape index (κ2) is 12.3. The van der Waals surface area contributed by atoms with E-state index in [2.05, 4.69) is 35.9 Å². The Labute approximate surface area is 261 Å². The number of pyridine rings is 2. The molecule has 3 aromatic heterocycles. The average Bonchev–Trinajstić information content (AvgIpc) is 3.43. The van der Waals surface area contributed by atoms with Crippen molar-refractivity contribution in [2.24, 2.45) is 0 Å². The Morgan fingerprint density at radius 1 is 1.00 bits per heavy atom. The number of carbonyl (C=O) groups is 1. The summed E-state index contributed by atoms with van der Waals surface area (Å²) in [5.41, 5.74) is 9.47. The molecule has 0 spiro atoms. The zero-order valence-corrected chi connectivity index (χ0v) is 24.8. The molecular formula is C32H28ClF3N8O. The van der Waals surface area contributed by atoms with Crippen molar-refractivity contribution in [1.29, 1.82) is 0 Å². The van der Waals surface area contributed by atoms with Crippen molar-refractivity contribution in [3.63, 3.8) is 0 Å². The largest absolute Gasteiger partial charge is 0.433 e. The van der Waals surface area contributed by atoms with Crippen molar-refractivity contribution in [3.8, 4) is 22.4 Å². The van der Waals surface area contributed by atoms with E-state index in [0.717, 1.165) is 11.1 Å². The molecule has 1 aliphatic rings. The summed E-state index contributed by atoms with van der Waals surface area (Å²) in [5.74, 6) is 0.477. The first kappa shape index (κ1) is 30.2. The van der Waals surface area contributed by atoms with Crippen LogP contribution in [-0.4, -0.2) is 38.4 Å². The van der Waals surface area contributed by atoms with Crippen molar-refractivity contribution < 1.29 is 18.0 Å². The van der Waals surface area contributed by atoms with Gasteiger partial charge in [0.05, 0.1) is 16.2 Å². The van der Waals surface area contributed by atoms with E-state index in [1.165, 1.54) is 12.1 Å². The highest BCUT2D eigenvalue weighted by Gasteiger charge is 2.36. The lowest BCUT2D eigenvalue weighted by Crippen LogP contribution is -2.35. The van der Waals surface area contributed by atoms with Gasteiger partial charge in [-0.15, -0.1) is 0 Å². The first-order chi connectivity index (χ1) is 21.6. The van der Waals surface area contributed by atoms with Crippen LogP contribution < -0.4 is 21.7 Å². The van der Waals surface area contributed by atoms with Crippen LogP contribution in [0.15, 0.2) is 66.9 Å². The van der Waals surface area contributed by atoms with Crippen molar-refractivity contribution in [1.82, 2.24) is 30.6 Å². The number of hydrogen-bond donors (Lipinski definition) is 4. The molecule has 1 aliphatic heterocycles. The molecule has 230 valence electrons. The van der Waals surface area contributed by atoms with E-state index in [1.54, 1.807) is 30.5 Å². The van der Waals surface area contributed by atoms with Gasteiger partial charge in [0.1, 0.15) is 11.2 Å². The highest BCUT2D eigenvalue weighted by atomic mass is 35.5. The van der Waals surface area contributed by atoms with Crippen LogP contribution in [0.1, 0.15) is 29.7 Å². The van der Waals surface area contributed by atoms with E-state index in [0.29, 0.717) is 53.1 Å². The summed E-state index contributed by atoms with van der Waals surface area (Å²) in [6, 6.07) is 17.2. The highest BCUT2D eigenvalue weighted by molar-refractivity contribution is 6.36. The number of hydrogen-bond acceptors (Lipinski definition) is 8. The molecule has 2 aromatic carbocycles. The Hall–Kier alpha value is -4.81. The van der Waals surface area contributed by atoms with E-state index >= 15 is 0 Å². The molecule has 0 aliphatic carbocycles. The molecule has 5 aromatic rings. The molecule has 13 heteroatoms. The fourth-order valence-electron chi connectivity index (χ4n) is 5.44. The van der Waals surface area contributed by atoms with Gasteiger partial charge >= 0.3 is 6.18 Å². The van der Waals surface area contributed by atoms with E-state index in [4.69, 9.17) is 17.3 Å². The van der Waals surface area contributed by atoms with E-state index in [-0.39, 0.29) is 40.7 Å². The Morgan fingerprint density at radius 3 is 2.56 bits per heavy atom. The number of amides is 1. The molecule has 5 N–H and O–H groups in total. The van der Waals surface area contributed by atoms with Gasteiger partial charge in [-0.3, -0.25) is 9.78 Å². The van der Waals surface area contributed by atoms with Gasteiger partial charge in [0.15, 0.2) is 5.82 Å². The molecule has 1 saturated heterocycles. The molecule has 6 rings (SSSR count). The number of nitrogens with zero attached hydrogens (tertiary/aromatic N) is 4. The third kappa shape index (κ3) is 6.38. The molecular weight excluding hydrogens is 605 g/mol. The number of fused-ring (bicyclic) bond motifs is 1. The molecule has 1 fully saturated rings. The third-order valence-electron chi connectivity index (χ3n) is 7.66. The molecule has 1 atom stereocenters. The first-order valence-corrected chi connectivity index (χ1v) is 14.6. The Balaban J connectivity index is 1.31. The quantitative estimate of drug-likeness (QED) is 0.154. The first-order valence-electron chi connectivity index (χ1n) is 14.2. The van der Waals surface area contributed by atoms with Gasteiger partial charge in [0.25, 0.3) is 0 Å². The molecule has 0 unspecified atom stereocenters. The molecule has 0 saturated carbocycles. The number of nitrogens with one attached hydrogen (secondary N) is 3. The van der Waals surface area contributed by atoms with Crippen LogP contribution in [0.4, 0.5) is 30.6 Å². The standard InChI is InChI=1S/C32H28ClF3N8O/c1-17-20(5-3-8-23(17)42-30-28-25(9-4-14-39-28)43-31(37)44-30)21-6-2-7-22(27(21)33)24-12-10-18(29(41-24)32(34,35)36)15-38-16-19-11-13-26(45)40-19/h2-10,12,14,19,38H,11,13,15-16H2,1H3,(H,40,45)(H3,37,42,43,44)/t19-/m0/s1. The van der Waals surface area contributed by atoms with Gasteiger partial charge in [-0.1, -0.05) is 48.0 Å². The fourth-order valence-corrected chi connectivity index (χ4v) is 5.76. The van der Waals surface area contributed by atoms with E-state index in [9.17, 15) is 18.0 Å². The second-order valence-corrected chi connectivity index (χ2v) is 11.1. The van der Waals surface area contributed by atoms with Gasteiger partial charge in [-0.05, 0) is 54.3 Å². The van der Waals surface area contributed by atoms with Crippen LogP contribution in [0.5, 0.6) is 0 Å². The highest BCUT2D eigenvalue weighted by Crippen LogP contribution is 2.40. The predicted octanol–water partition coefficient (Wildman–Crippen LogP) is 6.43. The summed E-state index contributed by atoms with van der Waals surface area (Å²) in [4.78, 5) is 28.4. The monoisotopic (exact) mass is 632 g/mol. The number of alkyl halides is 3. The molecule has 0 radical (unpaired) electrons. The van der Waals surface area contributed by atoms with Gasteiger partial charge in [-0.2, -0.15) is 18.2 Å². The van der Waals surface area contributed by atoms with Crippen LogP contribution in [-0.2, 0) is 17.5 Å². The van der Waals surface area contributed by atoms with Gasteiger partial charge in [0, 0.05) is 48.6 Å². The Bertz CT molecular complexity index is 1920. The van der Waals surface area contributed by atoms with Crippen LogP contribution in [0.25, 0.3) is 33.4 Å². The van der Waals surface area contributed by atoms with Gasteiger partial charge in [-0.25, -0.2) is 9.97 Å². The summed E-state index contributed by atoms with van der Waals surface area (Å²) >= 11 is 6.90. The maximum atomic E-state index is 14.2. The van der Waals surface area contributed by atoms with Crippen molar-refractivity contribution >= 4 is 46.0 Å². The maximum Gasteiger partial charge on any atom is 0.433 e. The van der Waals surface area contributed by atoms with Crippen LogP contribution in [0.3, 0.4) is 0 Å². The lowest BCUT2D eigenvalue weighted by atomic mass is 9.96. The lowest BCUT2D eigenvalue weighted by Gasteiger charge is -2.18. The second-order valence-electron chi connectivity index (χ2n) is 10.7. The lowest BCUT2D eigenvalue weighted by molar-refractivity contribution is -0.141. The average molecular weight is 633 g/mol. The SMILES string of the molecule is Cc1c(Nc2nc(N)nc3cccnc23)cccc1-c1cccc(-c2ccc(CNC[C@@H]3CCC(=O)N3)c(C(F)(F)F)n2)c1Cl. The van der Waals surface area contributed by atoms with E-state index < -0.39 is 11.9 Å². The molecule has 9 nitrogen and oxygen atoms in total. The normalized spacial score (nSPS) is 15.0. The zero-order valence-electron chi connectivity index (χ0n) is 24.0. The number of carbonyl (C=O) groups excluding carboxylic acids is 1. The fraction of sp³-hybridized carbons (Fsp3) is 0.219. The minimum Gasteiger partial charge on any atom is -0.368 e. The Kier molecular flexibility index (Phi) is 8.26. The minimum atomic E-state index is -4.68. The Morgan fingerprint density at radius 2 is 1.78 bits per heavy atom. The van der Waals surface area contributed by atoms with E-state index in [1.807, 2.05) is 31.2 Å². The number of halogens is 4. The topological polar surface area (TPSA) is 131 Å². The number of anilines is 3.